The predicted molar refractivity (Wildman–Crippen MR) is 288 cm³/mol. The van der Waals surface area contributed by atoms with Crippen LogP contribution in [0.5, 0.6) is 0 Å². The second-order valence-corrected chi connectivity index (χ2v) is 19.9. The van der Waals surface area contributed by atoms with E-state index in [1.165, 1.54) is 26.7 Å². The van der Waals surface area contributed by atoms with E-state index in [1.807, 2.05) is 44.2 Å². The predicted octanol–water partition coefficient (Wildman–Crippen LogP) is 4.79. The molecule has 0 aliphatic carbocycles. The highest BCUT2D eigenvalue weighted by atomic mass is 19.1. The highest BCUT2D eigenvalue weighted by Gasteiger charge is 2.31. The summed E-state index contributed by atoms with van der Waals surface area (Å²) in [7, 11) is 0. The summed E-state index contributed by atoms with van der Waals surface area (Å²) in [6.07, 6.45) is 5.24. The number of imide groups is 1. The van der Waals surface area contributed by atoms with Crippen LogP contribution in [0.25, 0.3) is 10.9 Å². The van der Waals surface area contributed by atoms with E-state index in [1.54, 1.807) is 46.9 Å². The molecule has 24 heteroatoms. The van der Waals surface area contributed by atoms with Crippen molar-refractivity contribution in [1.82, 2.24) is 45.3 Å². The summed E-state index contributed by atoms with van der Waals surface area (Å²) in [5.41, 5.74) is 6.92. The number of pyridine rings is 1. The first-order valence-corrected chi connectivity index (χ1v) is 26.5. The molecule has 0 bridgehead atoms. The number of ether oxygens (including phenoxy) is 1. The number of likely N-dealkylation sites (tertiary alicyclic amines) is 1. The van der Waals surface area contributed by atoms with Crippen LogP contribution in [0.3, 0.4) is 0 Å². The van der Waals surface area contributed by atoms with Crippen molar-refractivity contribution < 1.29 is 52.6 Å². The number of piperazine rings is 1. The molecule has 0 saturated carbocycles. The van der Waals surface area contributed by atoms with Gasteiger partial charge in [0.15, 0.2) is 0 Å². The molecule has 7 rings (SSSR count). The van der Waals surface area contributed by atoms with E-state index in [2.05, 4.69) is 31.6 Å². The number of rotatable bonds is 25. The number of aryl methyl sites for hydroxylation is 1. The summed E-state index contributed by atoms with van der Waals surface area (Å²) in [6.45, 7) is 7.27. The number of carboxylic acids is 1. The fourth-order valence-electron chi connectivity index (χ4n) is 9.57. The third-order valence-electron chi connectivity index (χ3n) is 13.9. The maximum atomic E-state index is 15.5. The number of anilines is 2. The van der Waals surface area contributed by atoms with E-state index in [0.29, 0.717) is 61.2 Å². The standard InChI is InChI=1S/C55H67FN12O11/c1-4-64-31-39(53(75)76)50(72)38-29-40(56)45(30-44(38)64)65-24-26-66(27-25-65)55(78)79-33-36-16-18-37(19-17-36)59-52(74)43(14-11-22-58-54(57)77)68-32-42(62-63-68)49(34(2)3)61-51(73)41(28-35-12-7-5-8-13-35)60-46(69)15-9-6-10-23-67-47(70)20-21-48(67)71/h5,7-8,12-13,16-19,29-32,34,41,43,49H,4,6,9-11,14-15,20-28,33H2,1-3H3,(H,59,74)(H,60,69)(H,61,73)(H,75,76)(H3,57,58,77). The maximum absolute atomic E-state index is 15.5. The highest BCUT2D eigenvalue weighted by Crippen LogP contribution is 2.28. The Balaban J connectivity index is 0.942. The van der Waals surface area contributed by atoms with Gasteiger partial charge in [0.1, 0.15) is 35.8 Å². The number of benzene rings is 3. The van der Waals surface area contributed by atoms with Crippen LogP contribution in [0.15, 0.2) is 83.9 Å². The third kappa shape index (κ3) is 15.3. The summed E-state index contributed by atoms with van der Waals surface area (Å²) in [5.74, 6) is -3.90. The minimum Gasteiger partial charge on any atom is -0.477 e. The van der Waals surface area contributed by atoms with Crippen molar-refractivity contribution >= 4 is 69.9 Å². The van der Waals surface area contributed by atoms with Gasteiger partial charge in [-0.1, -0.05) is 67.9 Å². The lowest BCUT2D eigenvalue weighted by atomic mass is 9.99. The number of urea groups is 1. The number of fused-ring (bicyclic) bond motifs is 1. The molecule has 5 aromatic rings. The van der Waals surface area contributed by atoms with E-state index in [-0.39, 0.29) is 106 Å². The van der Waals surface area contributed by atoms with Crippen molar-refractivity contribution in [3.63, 3.8) is 0 Å². The molecule has 2 aliphatic heterocycles. The van der Waals surface area contributed by atoms with Crippen LogP contribution in [-0.2, 0) is 48.3 Å². The molecule has 23 nitrogen and oxygen atoms in total. The Morgan fingerprint density at radius 2 is 1.54 bits per heavy atom. The minimum absolute atomic E-state index is 0.0373. The molecule has 8 amide bonds. The number of nitrogens with zero attached hydrogens (tertiary/aromatic N) is 7. The average Bonchev–Trinajstić information content (AvgIpc) is 4.09. The summed E-state index contributed by atoms with van der Waals surface area (Å²) in [5, 5.41) is 29.5. The van der Waals surface area contributed by atoms with Crippen molar-refractivity contribution in [1.29, 1.82) is 0 Å². The molecule has 0 radical (unpaired) electrons. The van der Waals surface area contributed by atoms with Crippen molar-refractivity contribution in [2.24, 2.45) is 11.7 Å². The number of halogens is 1. The smallest absolute Gasteiger partial charge is 0.410 e. The quantitative estimate of drug-likeness (QED) is 0.0339. The molecule has 2 fully saturated rings. The number of amides is 8. The van der Waals surface area contributed by atoms with Crippen LogP contribution in [0.1, 0.15) is 111 Å². The van der Waals surface area contributed by atoms with Crippen molar-refractivity contribution in [2.75, 3.05) is 49.5 Å². The number of nitrogens with one attached hydrogen (secondary N) is 4. The Labute approximate surface area is 455 Å². The first-order chi connectivity index (χ1) is 37.9. The summed E-state index contributed by atoms with van der Waals surface area (Å²) >= 11 is 0. The molecule has 4 heterocycles. The summed E-state index contributed by atoms with van der Waals surface area (Å²) < 4.78 is 24.0. The first kappa shape index (κ1) is 58.0. The van der Waals surface area contributed by atoms with Gasteiger partial charge in [0.25, 0.3) is 0 Å². The van der Waals surface area contributed by atoms with E-state index in [4.69, 9.17) is 10.5 Å². The number of hydrogen-bond acceptors (Lipinski definition) is 13. The van der Waals surface area contributed by atoms with Gasteiger partial charge in [-0.15, -0.1) is 5.10 Å². The van der Waals surface area contributed by atoms with Gasteiger partial charge in [0.2, 0.25) is 35.0 Å². The monoisotopic (exact) mass is 1090 g/mol. The van der Waals surface area contributed by atoms with Gasteiger partial charge in [-0.3, -0.25) is 33.7 Å². The fraction of sp³-hybridized carbons (Fsp3) is 0.436. The molecule has 2 aromatic heterocycles. The SMILES string of the molecule is CCn1cc(C(=O)O)c(=O)c2cc(F)c(N3CCN(C(=O)OCc4ccc(NC(=O)C(CCCNC(N)=O)n5cc(C(NC(=O)C(Cc6ccccc6)NC(=O)CCCCCN6C(=O)CCC6=O)C(C)C)nn5)cc4)CC3)cc21. The molecule has 79 heavy (non-hydrogen) atoms. The molecule has 2 aliphatic rings. The molecule has 3 atom stereocenters. The van der Waals surface area contributed by atoms with Crippen LogP contribution in [0, 0.1) is 11.7 Å². The zero-order valence-electron chi connectivity index (χ0n) is 44.5. The van der Waals surface area contributed by atoms with Gasteiger partial charge in [0, 0.05) is 88.8 Å². The van der Waals surface area contributed by atoms with Gasteiger partial charge >= 0.3 is 18.1 Å². The lowest BCUT2D eigenvalue weighted by Gasteiger charge is -2.35. The number of nitrogens with two attached hydrogens (primary N) is 1. The van der Waals surface area contributed by atoms with Crippen LogP contribution in [0.2, 0.25) is 0 Å². The number of aromatic nitrogens is 4. The van der Waals surface area contributed by atoms with Gasteiger partial charge in [-0.05, 0) is 73.9 Å². The largest absolute Gasteiger partial charge is 0.477 e. The molecular formula is C55H67FN12O11. The second-order valence-electron chi connectivity index (χ2n) is 19.9. The van der Waals surface area contributed by atoms with E-state index < -0.39 is 64.8 Å². The normalized spacial score (nSPS) is 14.7. The second kappa shape index (κ2) is 27.1. The Morgan fingerprint density at radius 1 is 0.835 bits per heavy atom. The fourth-order valence-corrected chi connectivity index (χ4v) is 9.57. The molecule has 3 unspecified atom stereocenters. The zero-order valence-corrected chi connectivity index (χ0v) is 44.5. The summed E-state index contributed by atoms with van der Waals surface area (Å²) in [4.78, 5) is 119. The van der Waals surface area contributed by atoms with Crippen LogP contribution in [0.4, 0.5) is 25.4 Å². The Morgan fingerprint density at radius 3 is 2.20 bits per heavy atom. The lowest BCUT2D eigenvalue weighted by molar-refractivity contribution is -0.138. The molecule has 420 valence electrons. The van der Waals surface area contributed by atoms with Crippen LogP contribution < -0.4 is 37.3 Å². The first-order valence-electron chi connectivity index (χ1n) is 26.5. The molecule has 3 aromatic carbocycles. The number of carbonyl (C=O) groups is 8. The van der Waals surface area contributed by atoms with Gasteiger partial charge < -0.3 is 51.2 Å². The molecule has 0 spiro atoms. The average molecular weight is 1090 g/mol. The number of aromatic carboxylic acids is 1. The van der Waals surface area contributed by atoms with Crippen molar-refractivity contribution in [3.8, 4) is 0 Å². The molecular weight excluding hydrogens is 1020 g/mol. The van der Waals surface area contributed by atoms with E-state index in [0.717, 1.165) is 11.6 Å². The third-order valence-corrected chi connectivity index (χ3v) is 13.9. The Kier molecular flexibility index (Phi) is 19.9. The van der Waals surface area contributed by atoms with Crippen molar-refractivity contribution in [3.05, 3.63) is 118 Å². The topological polar surface area (TPSA) is 303 Å². The lowest BCUT2D eigenvalue weighted by Crippen LogP contribution is -2.49. The molecule has 7 N–H and O–H groups in total. The van der Waals surface area contributed by atoms with E-state index >= 15 is 4.39 Å². The number of carboxylic acid groups (broad SMARTS) is 1. The zero-order chi connectivity index (χ0) is 56.8. The number of unbranched alkanes of at least 4 members (excludes halogenated alkanes) is 2. The van der Waals surface area contributed by atoms with Gasteiger partial charge in [-0.25, -0.2) is 23.5 Å². The summed E-state index contributed by atoms with van der Waals surface area (Å²) in [6, 6.07) is 15.2. The maximum Gasteiger partial charge on any atom is 0.410 e. The Bertz CT molecular complexity index is 3070. The van der Waals surface area contributed by atoms with Crippen LogP contribution in [-0.4, -0.2) is 127 Å². The molecule has 2 saturated heterocycles. The minimum atomic E-state index is -1.40. The highest BCUT2D eigenvalue weighted by molar-refractivity contribution is 6.02. The number of primary amides is 1. The van der Waals surface area contributed by atoms with Crippen LogP contribution >= 0.6 is 0 Å². The van der Waals surface area contributed by atoms with E-state index in [9.17, 15) is 48.3 Å². The Hall–Kier alpha value is -8.70. The van der Waals surface area contributed by atoms with Gasteiger partial charge in [-0.2, -0.15) is 0 Å². The number of carbonyl (C=O) groups excluding carboxylic acids is 7. The van der Waals surface area contributed by atoms with Crippen molar-refractivity contribution in [2.45, 2.75) is 110 Å². The van der Waals surface area contributed by atoms with Gasteiger partial charge in [0.05, 0.1) is 23.4 Å². The number of hydrogen-bond donors (Lipinski definition) is 6.